The highest BCUT2D eigenvalue weighted by Gasteiger charge is 2.31. The zero-order valence-corrected chi connectivity index (χ0v) is 28.4. The van der Waals surface area contributed by atoms with Crippen LogP contribution in [0.15, 0.2) is 42.7 Å². The molecule has 3 heterocycles. The van der Waals surface area contributed by atoms with Gasteiger partial charge in [0.25, 0.3) is 0 Å². The molecule has 4 atom stereocenters. The van der Waals surface area contributed by atoms with E-state index in [1.165, 1.54) is 11.1 Å². The molecule has 2 aliphatic carbocycles. The van der Waals surface area contributed by atoms with Crippen molar-refractivity contribution in [2.24, 2.45) is 18.9 Å². The van der Waals surface area contributed by atoms with Crippen molar-refractivity contribution in [3.05, 3.63) is 70.9 Å². The van der Waals surface area contributed by atoms with E-state index in [0.29, 0.717) is 24.4 Å². The number of carboxylic acid groups (broad SMARTS) is 1. The number of benzene rings is 1. The summed E-state index contributed by atoms with van der Waals surface area (Å²) in [5.74, 6) is 1.83. The highest BCUT2D eigenvalue weighted by Crippen LogP contribution is 2.37. The Morgan fingerprint density at radius 2 is 1.91 bits per heavy atom. The number of carbonyl (C=O) groups is 1. The first-order valence-corrected chi connectivity index (χ1v) is 17.8. The Kier molecular flexibility index (Phi) is 11.2. The Balaban J connectivity index is 1.26. The van der Waals surface area contributed by atoms with Gasteiger partial charge in [-0.25, -0.2) is 9.97 Å². The third-order valence-electron chi connectivity index (χ3n) is 10.9. The number of anilines is 1. The molecule has 47 heavy (non-hydrogen) atoms. The molecule has 0 amide bonds. The Hall–Kier alpha value is -3.34. The van der Waals surface area contributed by atoms with Gasteiger partial charge in [0.1, 0.15) is 11.6 Å². The standard InChI is InChI=1S/C37H53N7O3/c1-4-32(26-12-14-27(15-13-26)37(45)46)38-21-35-40-33-17-16-28(25-9-6-5-7-10-25)19-31(33)36(42-35)41-34(29-20-39-43(2)22-29)24-44-18-8-11-30(23-44)47-3/h5-7,9-10,20,22,26-28,30,32,34,38H,4,8,11-19,21,23-24H2,1-3H3,(H,45,46)(H,40,41,42)/t26?,27?,28-,30+,32-,34+/m1/s1. The van der Waals surface area contributed by atoms with E-state index in [9.17, 15) is 9.90 Å². The normalized spacial score (nSPS) is 24.7. The average molecular weight is 644 g/mol. The third-order valence-corrected chi connectivity index (χ3v) is 10.9. The van der Waals surface area contributed by atoms with Crippen molar-refractivity contribution in [3.63, 3.8) is 0 Å². The summed E-state index contributed by atoms with van der Waals surface area (Å²) in [6.45, 7) is 5.64. The van der Waals surface area contributed by atoms with Gasteiger partial charge in [0.15, 0.2) is 0 Å². The number of ether oxygens (including phenoxy) is 1. The number of methoxy groups -OCH3 is 1. The van der Waals surface area contributed by atoms with Crippen LogP contribution in [0.5, 0.6) is 0 Å². The summed E-state index contributed by atoms with van der Waals surface area (Å²) in [5, 5.41) is 21.7. The second-order valence-corrected chi connectivity index (χ2v) is 14.0. The lowest BCUT2D eigenvalue weighted by Crippen LogP contribution is -2.42. The summed E-state index contributed by atoms with van der Waals surface area (Å²) in [5.41, 5.74) is 4.91. The number of aromatic nitrogens is 4. The van der Waals surface area contributed by atoms with Crippen molar-refractivity contribution in [2.45, 2.75) is 102 Å². The molecule has 0 unspecified atom stereocenters. The van der Waals surface area contributed by atoms with Gasteiger partial charge >= 0.3 is 5.97 Å². The molecule has 254 valence electrons. The molecular weight excluding hydrogens is 590 g/mol. The largest absolute Gasteiger partial charge is 0.481 e. The smallest absolute Gasteiger partial charge is 0.306 e. The molecule has 1 saturated heterocycles. The summed E-state index contributed by atoms with van der Waals surface area (Å²) < 4.78 is 7.64. The van der Waals surface area contributed by atoms with Crippen LogP contribution >= 0.6 is 0 Å². The molecule has 0 bridgehead atoms. The van der Waals surface area contributed by atoms with E-state index in [1.54, 1.807) is 0 Å². The van der Waals surface area contributed by atoms with Crippen LogP contribution < -0.4 is 10.6 Å². The lowest BCUT2D eigenvalue weighted by molar-refractivity contribution is -0.143. The Morgan fingerprint density at radius 1 is 1.11 bits per heavy atom. The van der Waals surface area contributed by atoms with Crippen LogP contribution in [0.3, 0.4) is 0 Å². The van der Waals surface area contributed by atoms with E-state index in [-0.39, 0.29) is 18.1 Å². The van der Waals surface area contributed by atoms with Crippen molar-refractivity contribution >= 4 is 11.8 Å². The van der Waals surface area contributed by atoms with E-state index in [1.807, 2.05) is 25.0 Å². The fourth-order valence-corrected chi connectivity index (χ4v) is 8.15. The number of hydrogen-bond acceptors (Lipinski definition) is 8. The van der Waals surface area contributed by atoms with Crippen LogP contribution in [-0.4, -0.2) is 74.6 Å². The molecule has 2 fully saturated rings. The maximum atomic E-state index is 11.5. The van der Waals surface area contributed by atoms with Gasteiger partial charge in [0.05, 0.1) is 30.8 Å². The molecule has 3 aliphatic rings. The van der Waals surface area contributed by atoms with Crippen molar-refractivity contribution in [1.29, 1.82) is 0 Å². The first-order chi connectivity index (χ1) is 22.9. The second-order valence-electron chi connectivity index (χ2n) is 14.0. The average Bonchev–Trinajstić information content (AvgIpc) is 3.54. The Morgan fingerprint density at radius 3 is 2.62 bits per heavy atom. The summed E-state index contributed by atoms with van der Waals surface area (Å²) in [6, 6.07) is 11.2. The van der Waals surface area contributed by atoms with Gasteiger partial charge in [-0.2, -0.15) is 5.10 Å². The van der Waals surface area contributed by atoms with E-state index >= 15 is 0 Å². The fraction of sp³-hybridized carbons (Fsp3) is 0.622. The van der Waals surface area contributed by atoms with Gasteiger partial charge < -0.3 is 20.5 Å². The number of carboxylic acids is 1. The van der Waals surface area contributed by atoms with Crippen molar-refractivity contribution in [3.8, 4) is 0 Å². The number of nitrogens with zero attached hydrogens (tertiary/aromatic N) is 5. The number of aliphatic carboxylic acids is 1. The van der Waals surface area contributed by atoms with Crippen molar-refractivity contribution < 1.29 is 14.6 Å². The summed E-state index contributed by atoms with van der Waals surface area (Å²) in [6.07, 6.45) is 13.9. The Bertz CT molecular complexity index is 1460. The van der Waals surface area contributed by atoms with Gasteiger partial charge in [-0.15, -0.1) is 0 Å². The maximum absolute atomic E-state index is 11.5. The molecule has 2 aromatic heterocycles. The van der Waals surface area contributed by atoms with E-state index in [2.05, 4.69) is 64.1 Å². The van der Waals surface area contributed by atoms with Gasteiger partial charge in [0.2, 0.25) is 0 Å². The van der Waals surface area contributed by atoms with E-state index in [4.69, 9.17) is 14.7 Å². The van der Waals surface area contributed by atoms with Crippen LogP contribution in [0.1, 0.15) is 98.5 Å². The van der Waals surface area contributed by atoms with E-state index in [0.717, 1.165) is 107 Å². The summed E-state index contributed by atoms with van der Waals surface area (Å²) in [4.78, 5) is 24.5. The van der Waals surface area contributed by atoms with Crippen LogP contribution in [-0.2, 0) is 36.0 Å². The van der Waals surface area contributed by atoms with Crippen molar-refractivity contribution in [2.75, 3.05) is 32.1 Å². The van der Waals surface area contributed by atoms with Gasteiger partial charge in [-0.1, -0.05) is 37.3 Å². The van der Waals surface area contributed by atoms with Crippen LogP contribution in [0, 0.1) is 11.8 Å². The summed E-state index contributed by atoms with van der Waals surface area (Å²) in [7, 11) is 3.79. The van der Waals surface area contributed by atoms with Crippen LogP contribution in [0.4, 0.5) is 5.82 Å². The SMILES string of the molecule is CC[C@@H](NCc1nc2c(c(N[C@@H](CN3CCC[C@H](OC)C3)c3cnn(C)c3)n1)C[C@H](c1ccccc1)CC2)C1CCC(C(=O)O)CC1. The molecule has 10 nitrogen and oxygen atoms in total. The number of likely N-dealkylation sites (tertiary alicyclic amines) is 1. The molecule has 0 radical (unpaired) electrons. The predicted octanol–water partition coefficient (Wildman–Crippen LogP) is 5.51. The minimum absolute atomic E-state index is 0.0176. The number of aryl methyl sites for hydroxylation is 2. The fourth-order valence-electron chi connectivity index (χ4n) is 8.15. The maximum Gasteiger partial charge on any atom is 0.306 e. The molecule has 3 aromatic rings. The zero-order chi connectivity index (χ0) is 32.8. The number of piperidine rings is 1. The molecule has 1 saturated carbocycles. The lowest BCUT2D eigenvalue weighted by atomic mass is 9.78. The minimum Gasteiger partial charge on any atom is -0.481 e. The second kappa shape index (κ2) is 15.7. The number of nitrogens with one attached hydrogen (secondary N) is 2. The third kappa shape index (κ3) is 8.39. The minimum atomic E-state index is -0.648. The zero-order valence-electron chi connectivity index (χ0n) is 28.4. The number of rotatable bonds is 13. The highest BCUT2D eigenvalue weighted by molar-refractivity contribution is 5.70. The van der Waals surface area contributed by atoms with Crippen LogP contribution in [0.25, 0.3) is 0 Å². The van der Waals surface area contributed by atoms with E-state index < -0.39 is 5.97 Å². The van der Waals surface area contributed by atoms with Gasteiger partial charge in [-0.05, 0) is 88.2 Å². The molecule has 1 aromatic carbocycles. The molecule has 1 aliphatic heterocycles. The monoisotopic (exact) mass is 643 g/mol. The van der Waals surface area contributed by atoms with Crippen LogP contribution in [0.2, 0.25) is 0 Å². The molecule has 0 spiro atoms. The molecule has 10 heteroatoms. The highest BCUT2D eigenvalue weighted by atomic mass is 16.5. The van der Waals surface area contributed by atoms with Gasteiger partial charge in [-0.3, -0.25) is 14.4 Å². The van der Waals surface area contributed by atoms with Crippen molar-refractivity contribution in [1.82, 2.24) is 30.0 Å². The van der Waals surface area contributed by atoms with Gasteiger partial charge in [0, 0.05) is 56.3 Å². The predicted molar refractivity (Wildman–Crippen MR) is 183 cm³/mol. The lowest BCUT2D eigenvalue weighted by Gasteiger charge is -2.35. The summed E-state index contributed by atoms with van der Waals surface area (Å²) >= 11 is 0. The molecule has 3 N–H and O–H groups in total. The first kappa shape index (κ1) is 33.6. The Labute approximate surface area is 279 Å². The molecular formula is C37H53N7O3. The topological polar surface area (TPSA) is 117 Å². The number of hydrogen-bond donors (Lipinski definition) is 3. The quantitative estimate of drug-likeness (QED) is 0.222. The number of fused-ring (bicyclic) bond motifs is 1. The first-order valence-electron chi connectivity index (χ1n) is 17.8. The molecule has 6 rings (SSSR count).